The highest BCUT2D eigenvalue weighted by Gasteiger charge is 2.18. The molecule has 1 heterocycles. The second-order valence-electron chi connectivity index (χ2n) is 4.05. The van der Waals surface area contributed by atoms with Gasteiger partial charge in [0, 0.05) is 6.26 Å². The van der Waals surface area contributed by atoms with Crippen molar-refractivity contribution in [1.29, 1.82) is 0 Å². The third kappa shape index (κ3) is 11.8. The first-order chi connectivity index (χ1) is 6.83. The fourth-order valence-corrected chi connectivity index (χ4v) is 1.52. The SMILES string of the molecule is CCCC[NH+]1CCN(C)C1.CS(=O)(=O)[O-]. The van der Waals surface area contributed by atoms with E-state index in [-0.39, 0.29) is 0 Å². The van der Waals surface area contributed by atoms with Gasteiger partial charge >= 0.3 is 0 Å². The highest BCUT2D eigenvalue weighted by molar-refractivity contribution is 7.84. The lowest BCUT2D eigenvalue weighted by molar-refractivity contribution is -0.891. The van der Waals surface area contributed by atoms with Gasteiger partial charge < -0.3 is 9.45 Å². The molecule has 0 spiro atoms. The largest absolute Gasteiger partial charge is 0.748 e. The van der Waals surface area contributed by atoms with E-state index in [2.05, 4.69) is 18.9 Å². The summed E-state index contributed by atoms with van der Waals surface area (Å²) in [5.74, 6) is 0. The maximum atomic E-state index is 9.08. The first-order valence-corrected chi connectivity index (χ1v) is 7.07. The summed E-state index contributed by atoms with van der Waals surface area (Å²) >= 11 is 0. The van der Waals surface area contributed by atoms with E-state index in [1.807, 2.05) is 0 Å². The van der Waals surface area contributed by atoms with Crippen molar-refractivity contribution in [3.8, 4) is 0 Å². The molecule has 92 valence electrons. The Hall–Kier alpha value is -0.170. The molecule has 0 aromatic heterocycles. The zero-order chi connectivity index (χ0) is 11.9. The molecule has 1 aliphatic heterocycles. The van der Waals surface area contributed by atoms with Gasteiger partial charge in [0.05, 0.1) is 29.8 Å². The number of hydrogen-bond donors (Lipinski definition) is 1. The van der Waals surface area contributed by atoms with Crippen LogP contribution in [0.1, 0.15) is 19.8 Å². The van der Waals surface area contributed by atoms with Crippen molar-refractivity contribution in [3.63, 3.8) is 0 Å². The van der Waals surface area contributed by atoms with E-state index < -0.39 is 10.1 Å². The minimum absolute atomic E-state index is 0.604. The third-order valence-corrected chi connectivity index (χ3v) is 2.22. The zero-order valence-electron chi connectivity index (χ0n) is 9.82. The van der Waals surface area contributed by atoms with E-state index >= 15 is 0 Å². The monoisotopic (exact) mass is 238 g/mol. The van der Waals surface area contributed by atoms with Crippen LogP contribution in [0.2, 0.25) is 0 Å². The summed E-state index contributed by atoms with van der Waals surface area (Å²) in [5, 5.41) is 0. The van der Waals surface area contributed by atoms with Gasteiger partial charge in [0.25, 0.3) is 0 Å². The summed E-state index contributed by atoms with van der Waals surface area (Å²) in [5.41, 5.74) is 0. The number of rotatable bonds is 3. The molecule has 0 bridgehead atoms. The fourth-order valence-electron chi connectivity index (χ4n) is 1.52. The fraction of sp³-hybridized carbons (Fsp3) is 1.00. The first-order valence-electron chi connectivity index (χ1n) is 5.26. The number of nitrogens with zero attached hydrogens (tertiary/aromatic N) is 1. The van der Waals surface area contributed by atoms with E-state index in [1.165, 1.54) is 39.1 Å². The molecular formula is C9H22N2O3S. The molecule has 1 N–H and O–H groups in total. The van der Waals surface area contributed by atoms with E-state index in [4.69, 9.17) is 13.0 Å². The average molecular weight is 238 g/mol. The van der Waals surface area contributed by atoms with E-state index in [9.17, 15) is 0 Å². The summed E-state index contributed by atoms with van der Waals surface area (Å²) < 4.78 is 27.2. The summed E-state index contributed by atoms with van der Waals surface area (Å²) in [6.07, 6.45) is 3.34. The molecule has 1 rings (SSSR count). The van der Waals surface area contributed by atoms with Gasteiger partial charge in [-0.2, -0.15) is 0 Å². The molecule has 1 unspecified atom stereocenters. The maximum absolute atomic E-state index is 9.08. The lowest BCUT2D eigenvalue weighted by atomic mass is 10.3. The van der Waals surface area contributed by atoms with E-state index in [0.717, 1.165) is 0 Å². The predicted octanol–water partition coefficient (Wildman–Crippen LogP) is -1.26. The van der Waals surface area contributed by atoms with Crippen molar-refractivity contribution < 1.29 is 17.9 Å². The number of likely N-dealkylation sites (N-methyl/N-ethyl adjacent to an activating group) is 1. The van der Waals surface area contributed by atoms with Crippen molar-refractivity contribution in [3.05, 3.63) is 0 Å². The second kappa shape index (κ2) is 7.16. The van der Waals surface area contributed by atoms with Crippen LogP contribution in [0, 0.1) is 0 Å². The smallest absolute Gasteiger partial charge is 0.133 e. The zero-order valence-corrected chi connectivity index (χ0v) is 10.6. The van der Waals surface area contributed by atoms with Gasteiger partial charge in [-0.25, -0.2) is 8.42 Å². The normalized spacial score (nSPS) is 22.3. The van der Waals surface area contributed by atoms with E-state index in [1.54, 1.807) is 4.90 Å². The lowest BCUT2D eigenvalue weighted by Gasteiger charge is -2.10. The summed E-state index contributed by atoms with van der Waals surface area (Å²) in [4.78, 5) is 4.18. The van der Waals surface area contributed by atoms with Crippen LogP contribution in [0.4, 0.5) is 0 Å². The molecule has 1 saturated heterocycles. The molecule has 15 heavy (non-hydrogen) atoms. The van der Waals surface area contributed by atoms with Gasteiger partial charge in [-0.3, -0.25) is 4.90 Å². The topological polar surface area (TPSA) is 64.9 Å². The Morgan fingerprint density at radius 3 is 2.33 bits per heavy atom. The Labute approximate surface area is 92.8 Å². The lowest BCUT2D eigenvalue weighted by Crippen LogP contribution is -3.10. The van der Waals surface area contributed by atoms with Crippen LogP contribution in [-0.2, 0) is 10.1 Å². The molecule has 0 aromatic carbocycles. The van der Waals surface area contributed by atoms with Crippen LogP contribution in [0.15, 0.2) is 0 Å². The van der Waals surface area contributed by atoms with Gasteiger partial charge in [-0.1, -0.05) is 13.3 Å². The highest BCUT2D eigenvalue weighted by Crippen LogP contribution is 1.84. The predicted molar refractivity (Wildman–Crippen MR) is 58.7 cm³/mol. The van der Waals surface area contributed by atoms with Crippen LogP contribution in [0.3, 0.4) is 0 Å². The second-order valence-corrected chi connectivity index (χ2v) is 5.45. The molecule has 1 aliphatic rings. The molecular weight excluding hydrogens is 216 g/mol. The molecule has 6 heteroatoms. The van der Waals surface area contributed by atoms with Crippen molar-refractivity contribution in [2.45, 2.75) is 19.8 Å². The molecule has 0 amide bonds. The van der Waals surface area contributed by atoms with Gasteiger partial charge in [-0.05, 0) is 13.5 Å². The summed E-state index contributed by atoms with van der Waals surface area (Å²) in [6, 6.07) is 0. The van der Waals surface area contributed by atoms with Crippen molar-refractivity contribution in [2.24, 2.45) is 0 Å². The number of quaternary nitrogens is 1. The third-order valence-electron chi connectivity index (χ3n) is 2.22. The summed E-state index contributed by atoms with van der Waals surface area (Å²) in [7, 11) is -1.71. The number of hydrogen-bond acceptors (Lipinski definition) is 4. The molecule has 0 saturated carbocycles. The van der Waals surface area contributed by atoms with Gasteiger partial charge in [0.15, 0.2) is 0 Å². The highest BCUT2D eigenvalue weighted by atomic mass is 32.2. The molecule has 0 radical (unpaired) electrons. The van der Waals surface area contributed by atoms with Crippen molar-refractivity contribution >= 4 is 10.1 Å². The molecule has 0 aromatic rings. The van der Waals surface area contributed by atoms with Crippen molar-refractivity contribution in [2.75, 3.05) is 39.6 Å². The van der Waals surface area contributed by atoms with Gasteiger partial charge in [-0.15, -0.1) is 0 Å². The standard InChI is InChI=1S/C8H18N2.CH4O3S/c1-3-4-5-10-7-6-9(2)8-10;1-5(2,3)4/h3-8H2,1-2H3;1H3,(H,2,3,4). The molecule has 1 fully saturated rings. The Morgan fingerprint density at radius 1 is 1.47 bits per heavy atom. The number of unbranched alkanes of at least 4 members (excludes halogenated alkanes) is 1. The Kier molecular flexibility index (Phi) is 7.08. The Balaban J connectivity index is 0.000000336. The molecule has 0 aliphatic carbocycles. The Morgan fingerprint density at radius 2 is 2.00 bits per heavy atom. The van der Waals surface area contributed by atoms with Crippen LogP contribution >= 0.6 is 0 Å². The Bertz CT molecular complexity index is 246. The molecule has 1 atom stereocenters. The van der Waals surface area contributed by atoms with Crippen molar-refractivity contribution in [1.82, 2.24) is 4.90 Å². The minimum atomic E-state index is -3.92. The maximum Gasteiger partial charge on any atom is 0.133 e. The van der Waals surface area contributed by atoms with Gasteiger partial charge in [0.2, 0.25) is 0 Å². The van der Waals surface area contributed by atoms with Crippen LogP contribution < -0.4 is 4.90 Å². The van der Waals surface area contributed by atoms with E-state index in [0.29, 0.717) is 6.26 Å². The number of nitrogens with one attached hydrogen (secondary N) is 1. The van der Waals surface area contributed by atoms with Crippen LogP contribution in [0.25, 0.3) is 0 Å². The first kappa shape index (κ1) is 14.8. The summed E-state index contributed by atoms with van der Waals surface area (Å²) in [6.45, 7) is 7.55. The van der Waals surface area contributed by atoms with Crippen LogP contribution in [-0.4, -0.2) is 57.5 Å². The van der Waals surface area contributed by atoms with Gasteiger partial charge in [0.1, 0.15) is 6.67 Å². The average Bonchev–Trinajstić information content (AvgIpc) is 2.45. The quantitative estimate of drug-likeness (QED) is 0.623. The van der Waals surface area contributed by atoms with Crippen LogP contribution in [0.5, 0.6) is 0 Å². The minimum Gasteiger partial charge on any atom is -0.748 e. The molecule has 5 nitrogen and oxygen atoms in total.